The zero-order valence-corrected chi connectivity index (χ0v) is 9.73. The molecule has 1 atom stereocenters. The van der Waals surface area contributed by atoms with Gasteiger partial charge in [-0.1, -0.05) is 11.6 Å². The van der Waals surface area contributed by atoms with Gasteiger partial charge in [0.05, 0.1) is 5.56 Å². The first-order chi connectivity index (χ1) is 7.15. The Morgan fingerprint density at radius 1 is 1.73 bits per heavy atom. The van der Waals surface area contributed by atoms with Crippen LogP contribution in [0.4, 0.5) is 5.82 Å². The van der Waals surface area contributed by atoms with Crippen molar-refractivity contribution in [3.05, 3.63) is 22.8 Å². The number of anilines is 1. The Morgan fingerprint density at radius 3 is 3.07 bits per heavy atom. The number of nitriles is 1. The highest BCUT2D eigenvalue weighted by Gasteiger charge is 2.06. The first-order valence-electron chi connectivity index (χ1n) is 4.23. The number of hydrogen-bond acceptors (Lipinski definition) is 4. The fourth-order valence-electron chi connectivity index (χ4n) is 0.966. The van der Waals surface area contributed by atoms with E-state index in [0.717, 1.165) is 0 Å². The highest BCUT2D eigenvalue weighted by molar-refractivity contribution is 7.84. The molecular weight excluding hydrogens is 234 g/mol. The van der Waals surface area contributed by atoms with Gasteiger partial charge in [-0.3, -0.25) is 4.21 Å². The van der Waals surface area contributed by atoms with Gasteiger partial charge < -0.3 is 5.32 Å². The van der Waals surface area contributed by atoms with Crippen molar-refractivity contribution in [1.29, 1.82) is 5.26 Å². The molecule has 6 heteroatoms. The largest absolute Gasteiger partial charge is 0.368 e. The van der Waals surface area contributed by atoms with Gasteiger partial charge in [-0.15, -0.1) is 0 Å². The molecule has 0 aliphatic rings. The van der Waals surface area contributed by atoms with E-state index in [1.807, 2.05) is 6.07 Å². The molecule has 1 heterocycles. The van der Waals surface area contributed by atoms with Crippen LogP contribution >= 0.6 is 11.6 Å². The monoisotopic (exact) mass is 243 g/mol. The third-order valence-electron chi connectivity index (χ3n) is 1.69. The van der Waals surface area contributed by atoms with Gasteiger partial charge in [0.2, 0.25) is 0 Å². The Hall–Kier alpha value is -1.12. The quantitative estimate of drug-likeness (QED) is 0.868. The number of aromatic nitrogens is 1. The van der Waals surface area contributed by atoms with E-state index >= 15 is 0 Å². The maximum absolute atomic E-state index is 10.8. The van der Waals surface area contributed by atoms with Crippen molar-refractivity contribution in [2.24, 2.45) is 0 Å². The van der Waals surface area contributed by atoms with E-state index in [0.29, 0.717) is 28.7 Å². The maximum Gasteiger partial charge on any atom is 0.146 e. The average molecular weight is 244 g/mol. The Labute approximate surface area is 95.7 Å². The second-order valence-electron chi connectivity index (χ2n) is 2.84. The SMILES string of the molecule is CS(=O)CCNc1nccc(C#N)c1Cl. The van der Waals surface area contributed by atoms with E-state index in [2.05, 4.69) is 10.3 Å². The predicted octanol–water partition coefficient (Wildman–Crippen LogP) is 1.40. The van der Waals surface area contributed by atoms with Crippen molar-refractivity contribution in [2.45, 2.75) is 0 Å². The number of halogens is 1. The molecule has 0 saturated heterocycles. The van der Waals surface area contributed by atoms with Crippen molar-refractivity contribution in [3.63, 3.8) is 0 Å². The topological polar surface area (TPSA) is 65.8 Å². The summed E-state index contributed by atoms with van der Waals surface area (Å²) in [6.07, 6.45) is 3.14. The summed E-state index contributed by atoms with van der Waals surface area (Å²) in [5.74, 6) is 0.982. The molecule has 80 valence electrons. The molecule has 4 nitrogen and oxygen atoms in total. The summed E-state index contributed by atoms with van der Waals surface area (Å²) in [4.78, 5) is 3.99. The summed E-state index contributed by atoms with van der Waals surface area (Å²) in [6, 6.07) is 3.51. The lowest BCUT2D eigenvalue weighted by atomic mass is 10.3. The van der Waals surface area contributed by atoms with Gasteiger partial charge in [-0.2, -0.15) is 5.26 Å². The minimum Gasteiger partial charge on any atom is -0.368 e. The molecule has 0 aliphatic heterocycles. The van der Waals surface area contributed by atoms with Crippen LogP contribution in [0.15, 0.2) is 12.3 Å². The molecule has 0 spiro atoms. The lowest BCUT2D eigenvalue weighted by Gasteiger charge is -2.06. The summed E-state index contributed by atoms with van der Waals surface area (Å²) in [5, 5.41) is 12.0. The van der Waals surface area contributed by atoms with E-state index < -0.39 is 10.8 Å². The molecule has 15 heavy (non-hydrogen) atoms. The second kappa shape index (κ2) is 5.69. The van der Waals surface area contributed by atoms with Gasteiger partial charge >= 0.3 is 0 Å². The Kier molecular flexibility index (Phi) is 4.53. The molecule has 1 aromatic rings. The molecular formula is C9H10ClN3OS. The lowest BCUT2D eigenvalue weighted by molar-refractivity contribution is 0.687. The molecule has 0 saturated carbocycles. The van der Waals surface area contributed by atoms with Gasteiger partial charge in [0.1, 0.15) is 16.9 Å². The summed E-state index contributed by atoms with van der Waals surface area (Å²) in [5.41, 5.74) is 0.381. The minimum atomic E-state index is -0.851. The van der Waals surface area contributed by atoms with Gasteiger partial charge in [-0.05, 0) is 6.07 Å². The van der Waals surface area contributed by atoms with Crippen molar-refractivity contribution < 1.29 is 4.21 Å². The van der Waals surface area contributed by atoms with Gasteiger partial charge in [0, 0.05) is 35.5 Å². The molecule has 1 rings (SSSR count). The number of hydrogen-bond donors (Lipinski definition) is 1. The van der Waals surface area contributed by atoms with Crippen LogP contribution in [0.1, 0.15) is 5.56 Å². The second-order valence-corrected chi connectivity index (χ2v) is 4.77. The van der Waals surface area contributed by atoms with Crippen LogP contribution < -0.4 is 5.32 Å². The average Bonchev–Trinajstić information content (AvgIpc) is 2.20. The van der Waals surface area contributed by atoms with Crippen LogP contribution in [0.2, 0.25) is 5.02 Å². The normalized spacial score (nSPS) is 11.8. The first-order valence-corrected chi connectivity index (χ1v) is 6.34. The summed E-state index contributed by atoms with van der Waals surface area (Å²) in [6.45, 7) is 0.519. The van der Waals surface area contributed by atoms with Crippen LogP contribution in [0.3, 0.4) is 0 Å². The standard InChI is InChI=1S/C9H10ClN3OS/c1-15(14)5-4-13-9-8(10)7(6-11)2-3-12-9/h2-3H,4-5H2,1H3,(H,12,13). The van der Waals surface area contributed by atoms with Crippen molar-refractivity contribution >= 4 is 28.2 Å². The molecule has 1 unspecified atom stereocenters. The van der Waals surface area contributed by atoms with E-state index in [1.165, 1.54) is 6.20 Å². The third-order valence-corrected chi connectivity index (χ3v) is 2.85. The van der Waals surface area contributed by atoms with Gasteiger partial charge in [-0.25, -0.2) is 4.98 Å². The first kappa shape index (κ1) is 12.0. The van der Waals surface area contributed by atoms with Crippen LogP contribution in [0.5, 0.6) is 0 Å². The van der Waals surface area contributed by atoms with E-state index in [4.69, 9.17) is 16.9 Å². The van der Waals surface area contributed by atoms with E-state index in [9.17, 15) is 4.21 Å². The molecule has 0 amide bonds. The fraction of sp³-hybridized carbons (Fsp3) is 0.333. The summed E-state index contributed by atoms with van der Waals surface area (Å²) >= 11 is 5.90. The Bertz CT molecular complexity index is 416. The lowest BCUT2D eigenvalue weighted by Crippen LogP contribution is -2.11. The molecule has 0 aliphatic carbocycles. The van der Waals surface area contributed by atoms with Crippen LogP contribution in [-0.2, 0) is 10.8 Å². The van der Waals surface area contributed by atoms with Crippen molar-refractivity contribution in [2.75, 3.05) is 23.9 Å². The van der Waals surface area contributed by atoms with Gasteiger partial charge in [0.25, 0.3) is 0 Å². The fourth-order valence-corrected chi connectivity index (χ4v) is 1.58. The minimum absolute atomic E-state index is 0.307. The molecule has 1 N–H and O–H groups in total. The zero-order chi connectivity index (χ0) is 11.3. The number of nitrogens with zero attached hydrogens (tertiary/aromatic N) is 2. The molecule has 0 radical (unpaired) electrons. The number of nitrogens with one attached hydrogen (secondary N) is 1. The molecule has 0 fully saturated rings. The van der Waals surface area contributed by atoms with Crippen LogP contribution in [0.25, 0.3) is 0 Å². The zero-order valence-electron chi connectivity index (χ0n) is 8.16. The van der Waals surface area contributed by atoms with Crippen LogP contribution in [-0.4, -0.2) is 27.7 Å². The number of rotatable bonds is 4. The highest BCUT2D eigenvalue weighted by Crippen LogP contribution is 2.22. The molecule has 1 aromatic heterocycles. The van der Waals surface area contributed by atoms with Crippen LogP contribution in [0, 0.1) is 11.3 Å². The predicted molar refractivity (Wildman–Crippen MR) is 61.4 cm³/mol. The smallest absolute Gasteiger partial charge is 0.146 e. The van der Waals surface area contributed by atoms with Crippen molar-refractivity contribution in [3.8, 4) is 6.07 Å². The highest BCUT2D eigenvalue weighted by atomic mass is 35.5. The molecule has 0 aromatic carbocycles. The van der Waals surface area contributed by atoms with E-state index in [1.54, 1.807) is 12.3 Å². The van der Waals surface area contributed by atoms with Gasteiger partial charge in [0.15, 0.2) is 0 Å². The maximum atomic E-state index is 10.8. The van der Waals surface area contributed by atoms with E-state index in [-0.39, 0.29) is 0 Å². The summed E-state index contributed by atoms with van der Waals surface area (Å²) in [7, 11) is -0.851. The van der Waals surface area contributed by atoms with Crippen molar-refractivity contribution in [1.82, 2.24) is 4.98 Å². The number of pyridine rings is 1. The summed E-state index contributed by atoms with van der Waals surface area (Å²) < 4.78 is 10.8. The Balaban J connectivity index is 2.70. The Morgan fingerprint density at radius 2 is 2.47 bits per heavy atom. The third kappa shape index (κ3) is 3.50. The molecule has 0 bridgehead atoms.